The van der Waals surface area contributed by atoms with Crippen LogP contribution in [0.3, 0.4) is 0 Å². The van der Waals surface area contributed by atoms with E-state index in [9.17, 15) is 9.18 Å². The molecule has 1 N–H and O–H groups in total. The molecule has 0 saturated carbocycles. The highest BCUT2D eigenvalue weighted by molar-refractivity contribution is 5.92. The zero-order chi connectivity index (χ0) is 17.2. The number of nitrogens with one attached hydrogen (secondary N) is 1. The number of likely N-dealkylation sites (tertiary alicyclic amines) is 1. The van der Waals surface area contributed by atoms with Gasteiger partial charge in [-0.1, -0.05) is 24.3 Å². The van der Waals surface area contributed by atoms with Gasteiger partial charge in [0.1, 0.15) is 11.6 Å². The molecule has 1 atom stereocenters. The second-order valence-corrected chi connectivity index (χ2v) is 6.22. The van der Waals surface area contributed by atoms with E-state index in [1.165, 1.54) is 18.2 Å². The molecule has 1 fully saturated rings. The number of carbonyl (C=O) groups excluding carboxylic acids is 1. The van der Waals surface area contributed by atoms with Gasteiger partial charge in [-0.2, -0.15) is 0 Å². The maximum absolute atomic E-state index is 13.2. The summed E-state index contributed by atoms with van der Waals surface area (Å²) in [5, 5.41) is 0. The van der Waals surface area contributed by atoms with Crippen LogP contribution in [0.2, 0.25) is 0 Å². The van der Waals surface area contributed by atoms with Crippen molar-refractivity contribution in [3.05, 3.63) is 71.8 Å². The monoisotopic (exact) mass is 335 g/mol. The van der Waals surface area contributed by atoms with E-state index in [2.05, 4.69) is 9.97 Å². The number of carbonyl (C=O) groups is 1. The summed E-state index contributed by atoms with van der Waals surface area (Å²) >= 11 is 0. The lowest BCUT2D eigenvalue weighted by molar-refractivity contribution is -0.126. The molecule has 1 saturated heterocycles. The molecule has 0 bridgehead atoms. The first-order chi connectivity index (χ1) is 12.2. The van der Waals surface area contributed by atoms with Gasteiger partial charge < -0.3 is 9.88 Å². The third-order valence-electron chi connectivity index (χ3n) is 4.53. The third-order valence-corrected chi connectivity index (χ3v) is 4.53. The number of nitrogens with zero attached hydrogens (tertiary/aromatic N) is 2. The van der Waals surface area contributed by atoms with Crippen molar-refractivity contribution < 1.29 is 9.18 Å². The topological polar surface area (TPSA) is 49.0 Å². The van der Waals surface area contributed by atoms with E-state index in [1.807, 2.05) is 29.2 Å². The highest BCUT2D eigenvalue weighted by Crippen LogP contribution is 2.31. The van der Waals surface area contributed by atoms with E-state index < -0.39 is 0 Å². The fourth-order valence-corrected chi connectivity index (χ4v) is 3.32. The number of imidazole rings is 1. The Balaban J connectivity index is 1.55. The molecule has 1 aliphatic rings. The molecule has 0 spiro atoms. The lowest BCUT2D eigenvalue weighted by atomic mass is 10.2. The van der Waals surface area contributed by atoms with Crippen LogP contribution in [-0.4, -0.2) is 27.3 Å². The molecule has 1 aromatic heterocycles. The van der Waals surface area contributed by atoms with E-state index in [-0.39, 0.29) is 17.8 Å². The first-order valence-corrected chi connectivity index (χ1v) is 8.39. The Kier molecular flexibility index (Phi) is 4.06. The molecule has 5 heteroatoms. The lowest BCUT2D eigenvalue weighted by Crippen LogP contribution is -2.29. The van der Waals surface area contributed by atoms with Gasteiger partial charge in [0.2, 0.25) is 5.91 Å². The SMILES string of the molecule is O=C(C=Cc1cccc(F)c1)N1CCCC1c1nc2ccccc2[nH]1. The van der Waals surface area contributed by atoms with Crippen molar-refractivity contribution >= 4 is 23.0 Å². The summed E-state index contributed by atoms with van der Waals surface area (Å²) in [7, 11) is 0. The van der Waals surface area contributed by atoms with E-state index in [0.717, 1.165) is 29.7 Å². The summed E-state index contributed by atoms with van der Waals surface area (Å²) in [5.41, 5.74) is 2.56. The van der Waals surface area contributed by atoms with Gasteiger partial charge in [-0.15, -0.1) is 0 Å². The molecular formula is C20H18FN3O. The van der Waals surface area contributed by atoms with Crippen LogP contribution < -0.4 is 0 Å². The Bertz CT molecular complexity index is 914. The van der Waals surface area contributed by atoms with E-state index in [0.29, 0.717) is 12.1 Å². The molecule has 0 radical (unpaired) electrons. The maximum Gasteiger partial charge on any atom is 0.247 e. The van der Waals surface area contributed by atoms with Crippen LogP contribution in [0.4, 0.5) is 4.39 Å². The maximum atomic E-state index is 13.2. The Morgan fingerprint density at radius 1 is 1.24 bits per heavy atom. The van der Waals surface area contributed by atoms with E-state index in [1.54, 1.807) is 18.2 Å². The van der Waals surface area contributed by atoms with Gasteiger partial charge in [-0.05, 0) is 48.7 Å². The van der Waals surface area contributed by atoms with Gasteiger partial charge in [0.25, 0.3) is 0 Å². The fraction of sp³-hybridized carbons (Fsp3) is 0.200. The fourth-order valence-electron chi connectivity index (χ4n) is 3.32. The molecule has 2 aromatic carbocycles. The summed E-state index contributed by atoms with van der Waals surface area (Å²) in [6.07, 6.45) is 5.00. The molecule has 25 heavy (non-hydrogen) atoms. The van der Waals surface area contributed by atoms with Gasteiger partial charge >= 0.3 is 0 Å². The van der Waals surface area contributed by atoms with Crippen molar-refractivity contribution in [1.82, 2.24) is 14.9 Å². The minimum absolute atomic E-state index is 0.0444. The standard InChI is InChI=1S/C20H18FN3O/c21-15-6-3-5-14(13-15)10-11-19(25)24-12-4-9-18(24)20-22-16-7-1-2-8-17(16)23-20/h1-3,5-8,10-11,13,18H,4,9,12H2,(H,22,23). The Labute approximate surface area is 145 Å². The number of amides is 1. The van der Waals surface area contributed by atoms with E-state index >= 15 is 0 Å². The molecule has 3 aromatic rings. The van der Waals surface area contributed by atoms with Crippen LogP contribution in [0.15, 0.2) is 54.6 Å². The minimum Gasteiger partial charge on any atom is -0.340 e. The molecule has 126 valence electrons. The highest BCUT2D eigenvalue weighted by Gasteiger charge is 2.30. The van der Waals surface area contributed by atoms with Crippen LogP contribution in [0.1, 0.15) is 30.3 Å². The van der Waals surface area contributed by atoms with Crippen LogP contribution in [0, 0.1) is 5.82 Å². The van der Waals surface area contributed by atoms with Crippen molar-refractivity contribution in [2.24, 2.45) is 0 Å². The lowest BCUT2D eigenvalue weighted by Gasteiger charge is -2.21. The number of aromatic nitrogens is 2. The number of H-pyrrole nitrogens is 1. The Hall–Kier alpha value is -2.95. The molecule has 4 rings (SSSR count). The average molecular weight is 335 g/mol. The normalized spacial score (nSPS) is 17.6. The van der Waals surface area contributed by atoms with Crippen molar-refractivity contribution in [3.63, 3.8) is 0 Å². The summed E-state index contributed by atoms with van der Waals surface area (Å²) in [6, 6.07) is 14.0. The number of hydrogen-bond acceptors (Lipinski definition) is 2. The molecule has 2 heterocycles. The number of benzene rings is 2. The first kappa shape index (κ1) is 15.6. The van der Waals surface area contributed by atoms with Crippen molar-refractivity contribution in [2.75, 3.05) is 6.54 Å². The van der Waals surface area contributed by atoms with Gasteiger partial charge in [0.15, 0.2) is 0 Å². The predicted molar refractivity (Wildman–Crippen MR) is 95.2 cm³/mol. The molecule has 1 unspecified atom stereocenters. The number of fused-ring (bicyclic) bond motifs is 1. The average Bonchev–Trinajstić information content (AvgIpc) is 3.26. The van der Waals surface area contributed by atoms with Crippen molar-refractivity contribution in [3.8, 4) is 0 Å². The van der Waals surface area contributed by atoms with Crippen LogP contribution in [-0.2, 0) is 4.79 Å². The number of para-hydroxylation sites is 2. The number of rotatable bonds is 3. The Morgan fingerprint density at radius 3 is 2.96 bits per heavy atom. The van der Waals surface area contributed by atoms with E-state index in [4.69, 9.17) is 0 Å². The second-order valence-electron chi connectivity index (χ2n) is 6.22. The number of aromatic amines is 1. The van der Waals surface area contributed by atoms with Crippen molar-refractivity contribution in [2.45, 2.75) is 18.9 Å². The predicted octanol–water partition coefficient (Wildman–Crippen LogP) is 4.08. The molecule has 0 aliphatic carbocycles. The molecular weight excluding hydrogens is 317 g/mol. The summed E-state index contributed by atoms with van der Waals surface area (Å²) in [4.78, 5) is 22.4. The largest absolute Gasteiger partial charge is 0.340 e. The quantitative estimate of drug-likeness (QED) is 0.733. The smallest absolute Gasteiger partial charge is 0.247 e. The summed E-state index contributed by atoms with van der Waals surface area (Å²) < 4.78 is 13.2. The number of hydrogen-bond donors (Lipinski definition) is 1. The molecule has 1 aliphatic heterocycles. The zero-order valence-corrected chi connectivity index (χ0v) is 13.7. The third kappa shape index (κ3) is 3.18. The second kappa shape index (κ2) is 6.51. The van der Waals surface area contributed by atoms with Gasteiger partial charge in [-0.25, -0.2) is 9.37 Å². The Morgan fingerprint density at radius 2 is 2.12 bits per heavy atom. The van der Waals surface area contributed by atoms with Crippen LogP contribution in [0.25, 0.3) is 17.1 Å². The van der Waals surface area contributed by atoms with Gasteiger partial charge in [0, 0.05) is 12.6 Å². The molecule has 1 amide bonds. The molecule has 4 nitrogen and oxygen atoms in total. The zero-order valence-electron chi connectivity index (χ0n) is 13.7. The van der Waals surface area contributed by atoms with Crippen LogP contribution >= 0.6 is 0 Å². The van der Waals surface area contributed by atoms with Crippen LogP contribution in [0.5, 0.6) is 0 Å². The van der Waals surface area contributed by atoms with Crippen molar-refractivity contribution in [1.29, 1.82) is 0 Å². The van der Waals surface area contributed by atoms with Gasteiger partial charge in [-0.3, -0.25) is 4.79 Å². The summed E-state index contributed by atoms with van der Waals surface area (Å²) in [6.45, 7) is 0.702. The number of halogens is 1. The summed E-state index contributed by atoms with van der Waals surface area (Å²) in [5.74, 6) is 0.439. The highest BCUT2D eigenvalue weighted by atomic mass is 19.1. The minimum atomic E-state index is -0.309. The van der Waals surface area contributed by atoms with Gasteiger partial charge in [0.05, 0.1) is 17.1 Å². The first-order valence-electron chi connectivity index (χ1n) is 8.39.